The lowest BCUT2D eigenvalue weighted by Gasteiger charge is -2.22. The van der Waals surface area contributed by atoms with E-state index in [2.05, 4.69) is 4.72 Å². The van der Waals surface area contributed by atoms with Crippen LogP contribution in [-0.2, 0) is 26.0 Å². The Balaban J connectivity index is 2.04. The molecule has 0 bridgehead atoms. The predicted molar refractivity (Wildman–Crippen MR) is 84.2 cm³/mol. The van der Waals surface area contributed by atoms with Gasteiger partial charge in [0.1, 0.15) is 16.7 Å². The quantitative estimate of drug-likeness (QED) is 0.824. The zero-order chi connectivity index (χ0) is 16.9. The molecular formula is C15H21NO6S. The first kappa shape index (κ1) is 17.6. The minimum atomic E-state index is -3.72. The summed E-state index contributed by atoms with van der Waals surface area (Å²) in [6.45, 7) is 0.680. The molecule has 0 aliphatic carbocycles. The fourth-order valence-corrected chi connectivity index (χ4v) is 3.70. The number of hydrogen-bond donors (Lipinski definition) is 1. The van der Waals surface area contributed by atoms with Gasteiger partial charge in [-0.25, -0.2) is 8.42 Å². The molecule has 1 aliphatic rings. The molecule has 0 spiro atoms. The Morgan fingerprint density at radius 2 is 1.91 bits per heavy atom. The van der Waals surface area contributed by atoms with E-state index in [0.717, 1.165) is 0 Å². The highest BCUT2D eigenvalue weighted by Gasteiger charge is 2.29. The van der Waals surface area contributed by atoms with E-state index in [1.165, 1.54) is 14.2 Å². The average molecular weight is 343 g/mol. The van der Waals surface area contributed by atoms with Gasteiger partial charge < -0.3 is 14.2 Å². The lowest BCUT2D eigenvalue weighted by atomic mass is 10.1. The van der Waals surface area contributed by atoms with Crippen LogP contribution in [0.15, 0.2) is 18.2 Å². The molecule has 128 valence electrons. The fourth-order valence-electron chi connectivity index (χ4n) is 2.39. The maximum absolute atomic E-state index is 12.2. The van der Waals surface area contributed by atoms with E-state index in [9.17, 15) is 13.2 Å². The number of hydrogen-bond acceptors (Lipinski definition) is 6. The second-order valence-corrected chi connectivity index (χ2v) is 7.27. The monoisotopic (exact) mass is 343 g/mol. The SMILES string of the molecule is COc1cc(CC(=O)NS(=O)(=O)C2CCCOC2)cc(OC)c1. The smallest absolute Gasteiger partial charge is 0.240 e. The van der Waals surface area contributed by atoms with Crippen molar-refractivity contribution in [3.63, 3.8) is 0 Å². The number of carbonyl (C=O) groups is 1. The van der Waals surface area contributed by atoms with Gasteiger partial charge in [-0.05, 0) is 30.5 Å². The Kier molecular flexibility index (Phi) is 5.84. The molecule has 1 atom stereocenters. The van der Waals surface area contributed by atoms with Gasteiger partial charge in [0, 0.05) is 12.7 Å². The summed E-state index contributed by atoms with van der Waals surface area (Å²) in [4.78, 5) is 12.1. The van der Waals surface area contributed by atoms with Crippen LogP contribution in [0.4, 0.5) is 0 Å². The third kappa shape index (κ3) is 4.84. The number of nitrogens with one attached hydrogen (secondary N) is 1. The van der Waals surface area contributed by atoms with Crippen molar-refractivity contribution in [2.75, 3.05) is 27.4 Å². The zero-order valence-electron chi connectivity index (χ0n) is 13.2. The van der Waals surface area contributed by atoms with E-state index < -0.39 is 21.2 Å². The average Bonchev–Trinajstić information content (AvgIpc) is 2.54. The van der Waals surface area contributed by atoms with E-state index >= 15 is 0 Å². The second-order valence-electron chi connectivity index (χ2n) is 5.31. The van der Waals surface area contributed by atoms with Gasteiger partial charge in [-0.2, -0.15) is 0 Å². The molecule has 7 nitrogen and oxygen atoms in total. The maximum atomic E-state index is 12.2. The number of sulfonamides is 1. The Bertz CT molecular complexity index is 630. The van der Waals surface area contributed by atoms with E-state index in [-0.39, 0.29) is 13.0 Å². The number of benzene rings is 1. The van der Waals surface area contributed by atoms with Gasteiger partial charge in [-0.3, -0.25) is 9.52 Å². The summed E-state index contributed by atoms with van der Waals surface area (Å²) >= 11 is 0. The molecule has 0 aromatic heterocycles. The number of carbonyl (C=O) groups excluding carboxylic acids is 1. The highest BCUT2D eigenvalue weighted by Crippen LogP contribution is 2.23. The molecule has 1 heterocycles. The van der Waals surface area contributed by atoms with Gasteiger partial charge in [0.05, 0.1) is 27.2 Å². The van der Waals surface area contributed by atoms with Gasteiger partial charge in [-0.15, -0.1) is 0 Å². The number of amides is 1. The van der Waals surface area contributed by atoms with Crippen LogP contribution in [0.1, 0.15) is 18.4 Å². The van der Waals surface area contributed by atoms with Gasteiger partial charge in [-0.1, -0.05) is 0 Å². The standard InChI is InChI=1S/C15H21NO6S/c1-20-12-6-11(7-13(9-12)21-2)8-15(17)16-23(18,19)14-4-3-5-22-10-14/h6-7,9,14H,3-5,8,10H2,1-2H3,(H,16,17). The predicted octanol–water partition coefficient (Wildman–Crippen LogP) is 0.871. The summed E-state index contributed by atoms with van der Waals surface area (Å²) < 4.78 is 41.9. The fraction of sp³-hybridized carbons (Fsp3) is 0.533. The van der Waals surface area contributed by atoms with Crippen LogP contribution in [0.5, 0.6) is 11.5 Å². The largest absolute Gasteiger partial charge is 0.497 e. The summed E-state index contributed by atoms with van der Waals surface area (Å²) in [6.07, 6.45) is 1.09. The molecule has 1 aliphatic heterocycles. The highest BCUT2D eigenvalue weighted by atomic mass is 32.2. The summed E-state index contributed by atoms with van der Waals surface area (Å²) in [5.41, 5.74) is 0.605. The first-order valence-electron chi connectivity index (χ1n) is 7.29. The van der Waals surface area contributed by atoms with Crippen molar-refractivity contribution in [3.05, 3.63) is 23.8 Å². The molecule has 1 aromatic carbocycles. The van der Waals surface area contributed by atoms with Crippen molar-refractivity contribution < 1.29 is 27.4 Å². The van der Waals surface area contributed by atoms with Crippen molar-refractivity contribution in [2.24, 2.45) is 0 Å². The Hall–Kier alpha value is -1.80. The third-order valence-electron chi connectivity index (χ3n) is 3.59. The highest BCUT2D eigenvalue weighted by molar-refractivity contribution is 7.90. The van der Waals surface area contributed by atoms with Crippen molar-refractivity contribution in [2.45, 2.75) is 24.5 Å². The topological polar surface area (TPSA) is 90.9 Å². The number of ether oxygens (including phenoxy) is 3. The van der Waals surface area contributed by atoms with Crippen LogP contribution in [-0.4, -0.2) is 47.0 Å². The first-order chi connectivity index (χ1) is 10.9. The van der Waals surface area contributed by atoms with Crippen molar-refractivity contribution in [3.8, 4) is 11.5 Å². The summed E-state index contributed by atoms with van der Waals surface area (Å²) in [5.74, 6) is 0.484. The Morgan fingerprint density at radius 3 is 2.43 bits per heavy atom. The number of rotatable bonds is 6. The van der Waals surface area contributed by atoms with Gasteiger partial charge in [0.25, 0.3) is 0 Å². The molecule has 8 heteroatoms. The van der Waals surface area contributed by atoms with Crippen LogP contribution in [0.3, 0.4) is 0 Å². The summed E-state index contributed by atoms with van der Waals surface area (Å²) in [7, 11) is -0.709. The van der Waals surface area contributed by atoms with Crippen LogP contribution in [0.25, 0.3) is 0 Å². The lowest BCUT2D eigenvalue weighted by Crippen LogP contribution is -2.42. The molecule has 1 amide bonds. The van der Waals surface area contributed by atoms with Gasteiger partial charge in [0.15, 0.2) is 0 Å². The molecule has 1 aromatic rings. The molecular weight excluding hydrogens is 322 g/mol. The molecule has 2 rings (SSSR count). The summed E-state index contributed by atoms with van der Waals surface area (Å²) in [6, 6.07) is 5.01. The van der Waals surface area contributed by atoms with Crippen molar-refractivity contribution >= 4 is 15.9 Å². The molecule has 1 N–H and O–H groups in total. The first-order valence-corrected chi connectivity index (χ1v) is 8.83. The van der Waals surface area contributed by atoms with E-state index in [0.29, 0.717) is 36.5 Å². The molecule has 0 saturated carbocycles. The van der Waals surface area contributed by atoms with Gasteiger partial charge in [0.2, 0.25) is 15.9 Å². The molecule has 1 fully saturated rings. The third-order valence-corrected chi connectivity index (χ3v) is 5.35. The molecule has 1 unspecified atom stereocenters. The summed E-state index contributed by atoms with van der Waals surface area (Å²) in [5, 5.41) is -0.681. The minimum Gasteiger partial charge on any atom is -0.497 e. The Labute approximate surface area is 136 Å². The molecule has 1 saturated heterocycles. The zero-order valence-corrected chi connectivity index (χ0v) is 14.0. The minimum absolute atomic E-state index is 0.0830. The molecule has 0 radical (unpaired) electrons. The van der Waals surface area contributed by atoms with Crippen LogP contribution < -0.4 is 14.2 Å². The maximum Gasteiger partial charge on any atom is 0.240 e. The number of methoxy groups -OCH3 is 2. The van der Waals surface area contributed by atoms with Crippen molar-refractivity contribution in [1.82, 2.24) is 4.72 Å². The van der Waals surface area contributed by atoms with Crippen LogP contribution in [0, 0.1) is 0 Å². The van der Waals surface area contributed by atoms with Crippen LogP contribution in [0.2, 0.25) is 0 Å². The van der Waals surface area contributed by atoms with E-state index in [1.807, 2.05) is 0 Å². The molecule has 23 heavy (non-hydrogen) atoms. The van der Waals surface area contributed by atoms with Crippen molar-refractivity contribution in [1.29, 1.82) is 0 Å². The lowest BCUT2D eigenvalue weighted by molar-refractivity contribution is -0.118. The normalized spacial score (nSPS) is 18.3. The van der Waals surface area contributed by atoms with E-state index in [4.69, 9.17) is 14.2 Å². The second kappa shape index (κ2) is 7.65. The Morgan fingerprint density at radius 1 is 1.26 bits per heavy atom. The van der Waals surface area contributed by atoms with E-state index in [1.54, 1.807) is 18.2 Å². The van der Waals surface area contributed by atoms with Crippen LogP contribution >= 0.6 is 0 Å². The van der Waals surface area contributed by atoms with Gasteiger partial charge >= 0.3 is 0 Å².